The van der Waals surface area contributed by atoms with Crippen LogP contribution in [-0.4, -0.2) is 49.3 Å². The molecule has 0 saturated heterocycles. The third-order valence-electron chi connectivity index (χ3n) is 11.0. The number of carbonyl (C=O) groups is 2. The topological polar surface area (TPSA) is 134 Å². The van der Waals surface area contributed by atoms with Gasteiger partial charge in [0.05, 0.1) is 13.2 Å². The summed E-state index contributed by atoms with van der Waals surface area (Å²) in [5.74, 6) is -0.860. The van der Waals surface area contributed by atoms with Crippen LogP contribution in [-0.2, 0) is 32.7 Å². The zero-order valence-electron chi connectivity index (χ0n) is 44.7. The maximum absolute atomic E-state index is 12.7. The van der Waals surface area contributed by atoms with Crippen LogP contribution in [0.5, 0.6) is 0 Å². The standard InChI is InChI=1S/C61H100NO8P/c1-3-5-7-9-11-13-15-17-19-21-23-25-27-28-29-30-32-34-36-38-40-42-44-46-48-50-52-54-61(64)70-59(58-69-71(65,66)68-56-55-62)57-67-60(63)53-51-49-47-45-43-41-39-37-35-33-31-26-24-22-20-18-16-14-12-10-8-6-4-2/h5-8,11-14,17-20,23-26,28-29,32-35,59H,3-4,9-10,15-16,21-22,27,30-31,36-58,62H2,1-2H3,(H,65,66)/b7-5-,8-6-,13-11-,14-12-,19-17-,20-18-,25-23-,26-24-,29-28-,34-32-,35-33-. The molecule has 0 heterocycles. The number of carbonyl (C=O) groups excluding carboxylic acids is 2. The van der Waals surface area contributed by atoms with Crippen LogP contribution in [0.2, 0.25) is 0 Å². The van der Waals surface area contributed by atoms with Gasteiger partial charge in [0.25, 0.3) is 0 Å². The molecule has 0 radical (unpaired) electrons. The molecule has 0 aromatic heterocycles. The molecule has 0 saturated carbocycles. The van der Waals surface area contributed by atoms with E-state index in [9.17, 15) is 19.0 Å². The Morgan fingerprint density at radius 3 is 1.08 bits per heavy atom. The van der Waals surface area contributed by atoms with Crippen molar-refractivity contribution in [2.75, 3.05) is 26.4 Å². The lowest BCUT2D eigenvalue weighted by atomic mass is 10.1. The van der Waals surface area contributed by atoms with E-state index in [1.165, 1.54) is 44.9 Å². The Balaban J connectivity index is 4.10. The lowest BCUT2D eigenvalue weighted by Crippen LogP contribution is -2.29. The number of ether oxygens (including phenoxy) is 2. The lowest BCUT2D eigenvalue weighted by Gasteiger charge is -2.19. The molecule has 71 heavy (non-hydrogen) atoms. The quantitative estimate of drug-likeness (QED) is 0.0264. The van der Waals surface area contributed by atoms with Gasteiger partial charge in [0, 0.05) is 19.4 Å². The van der Waals surface area contributed by atoms with Crippen molar-refractivity contribution in [1.29, 1.82) is 0 Å². The zero-order valence-corrected chi connectivity index (χ0v) is 45.5. The van der Waals surface area contributed by atoms with Gasteiger partial charge in [-0.25, -0.2) is 4.57 Å². The number of allylic oxidation sites excluding steroid dienone is 22. The highest BCUT2D eigenvalue weighted by Gasteiger charge is 2.26. The minimum absolute atomic E-state index is 0.0425. The average Bonchev–Trinajstić information content (AvgIpc) is 3.36. The number of nitrogens with two attached hydrogens (primary N) is 1. The van der Waals surface area contributed by atoms with Crippen LogP contribution >= 0.6 is 7.82 Å². The van der Waals surface area contributed by atoms with Crippen LogP contribution in [0.3, 0.4) is 0 Å². The molecule has 2 atom stereocenters. The van der Waals surface area contributed by atoms with Crippen molar-refractivity contribution in [2.45, 2.75) is 213 Å². The summed E-state index contributed by atoms with van der Waals surface area (Å²) in [4.78, 5) is 35.2. The van der Waals surface area contributed by atoms with Crippen molar-refractivity contribution >= 4 is 19.8 Å². The van der Waals surface area contributed by atoms with Crippen LogP contribution in [0.1, 0.15) is 206 Å². The fraction of sp³-hybridized carbons (Fsp3) is 0.607. The predicted octanol–water partition coefficient (Wildman–Crippen LogP) is 17.4. The molecule has 0 aliphatic rings. The first-order valence-electron chi connectivity index (χ1n) is 27.7. The third kappa shape index (κ3) is 55.3. The number of unbranched alkanes of at least 4 members (excludes halogenated alkanes) is 15. The summed E-state index contributed by atoms with van der Waals surface area (Å²) < 4.78 is 33.0. The molecule has 0 spiro atoms. The van der Waals surface area contributed by atoms with E-state index < -0.39 is 32.5 Å². The predicted molar refractivity (Wildman–Crippen MR) is 302 cm³/mol. The second-order valence-corrected chi connectivity index (χ2v) is 19.1. The number of rotatable bonds is 50. The molecule has 10 heteroatoms. The summed E-state index contributed by atoms with van der Waals surface area (Å²) in [5, 5.41) is 0. The monoisotopic (exact) mass is 1010 g/mol. The maximum Gasteiger partial charge on any atom is 0.472 e. The first-order chi connectivity index (χ1) is 34.8. The highest BCUT2D eigenvalue weighted by Crippen LogP contribution is 2.43. The zero-order chi connectivity index (χ0) is 51.7. The first kappa shape index (κ1) is 67.1. The highest BCUT2D eigenvalue weighted by molar-refractivity contribution is 7.47. The number of phosphoric ester groups is 1. The average molecular weight is 1010 g/mol. The highest BCUT2D eigenvalue weighted by atomic mass is 31.2. The molecule has 2 unspecified atom stereocenters. The van der Waals surface area contributed by atoms with Gasteiger partial charge in [-0.1, -0.05) is 218 Å². The lowest BCUT2D eigenvalue weighted by molar-refractivity contribution is -0.161. The maximum atomic E-state index is 12.7. The second kappa shape index (κ2) is 55.5. The van der Waals surface area contributed by atoms with Gasteiger partial charge in [-0.2, -0.15) is 0 Å². The van der Waals surface area contributed by atoms with E-state index in [4.69, 9.17) is 24.3 Å². The Hall–Kier alpha value is -3.85. The van der Waals surface area contributed by atoms with Crippen molar-refractivity contribution in [1.82, 2.24) is 0 Å². The summed E-state index contributed by atoms with van der Waals surface area (Å²) in [6.07, 6.45) is 77.7. The first-order valence-corrected chi connectivity index (χ1v) is 29.2. The molecule has 9 nitrogen and oxygen atoms in total. The van der Waals surface area contributed by atoms with Crippen molar-refractivity contribution in [3.63, 3.8) is 0 Å². The van der Waals surface area contributed by atoms with Gasteiger partial charge in [0.2, 0.25) is 0 Å². The van der Waals surface area contributed by atoms with Gasteiger partial charge >= 0.3 is 19.8 Å². The van der Waals surface area contributed by atoms with Gasteiger partial charge in [-0.15, -0.1) is 0 Å². The van der Waals surface area contributed by atoms with Gasteiger partial charge in [-0.3, -0.25) is 18.6 Å². The fourth-order valence-corrected chi connectivity index (χ4v) is 7.78. The van der Waals surface area contributed by atoms with E-state index in [2.05, 4.69) is 148 Å². The van der Waals surface area contributed by atoms with Crippen molar-refractivity contribution < 1.29 is 37.6 Å². The van der Waals surface area contributed by atoms with E-state index in [0.717, 1.165) is 122 Å². The van der Waals surface area contributed by atoms with Crippen molar-refractivity contribution in [3.05, 3.63) is 134 Å². The van der Waals surface area contributed by atoms with Crippen LogP contribution in [0, 0.1) is 0 Å². The van der Waals surface area contributed by atoms with E-state index in [1.807, 2.05) is 0 Å². The number of hydrogen-bond acceptors (Lipinski definition) is 8. The summed E-state index contributed by atoms with van der Waals surface area (Å²) >= 11 is 0. The largest absolute Gasteiger partial charge is 0.472 e. The second-order valence-electron chi connectivity index (χ2n) is 17.7. The van der Waals surface area contributed by atoms with E-state index in [1.54, 1.807) is 0 Å². The minimum atomic E-state index is -4.40. The number of phosphoric acid groups is 1. The molecule has 0 amide bonds. The minimum Gasteiger partial charge on any atom is -0.462 e. The van der Waals surface area contributed by atoms with Gasteiger partial charge in [-0.05, 0) is 109 Å². The smallest absolute Gasteiger partial charge is 0.462 e. The Bertz CT molecular complexity index is 1620. The molecule has 0 aromatic carbocycles. The Labute approximate surface area is 434 Å². The summed E-state index contributed by atoms with van der Waals surface area (Å²) in [5.41, 5.74) is 5.38. The molecule has 0 rings (SSSR count). The Kier molecular flexibility index (Phi) is 52.5. The molecule has 0 aliphatic carbocycles. The SMILES string of the molecule is CC/C=C\C/C=C\C/C=C\C/C=C\C/C=C\C/C=C\CCCCCCCCCCC(=O)OC(COC(=O)CCCCCCCCC/C=C\C/C=C\C/C=C\C/C=C\C/C=C\CC)COP(=O)(O)OCCN. The molecular weight excluding hydrogens is 906 g/mol. The fourth-order valence-electron chi connectivity index (χ4n) is 7.02. The number of hydrogen-bond donors (Lipinski definition) is 2. The van der Waals surface area contributed by atoms with Crippen LogP contribution < -0.4 is 5.73 Å². The Morgan fingerprint density at radius 2 is 0.732 bits per heavy atom. The summed E-state index contributed by atoms with van der Waals surface area (Å²) in [6, 6.07) is 0. The van der Waals surface area contributed by atoms with Crippen LogP contribution in [0.4, 0.5) is 0 Å². The molecular formula is C61H100NO8P. The van der Waals surface area contributed by atoms with Gasteiger partial charge in [0.15, 0.2) is 6.10 Å². The molecule has 0 bridgehead atoms. The molecule has 0 aliphatic heterocycles. The van der Waals surface area contributed by atoms with Gasteiger partial charge < -0.3 is 20.1 Å². The Morgan fingerprint density at radius 1 is 0.423 bits per heavy atom. The van der Waals surface area contributed by atoms with E-state index in [-0.39, 0.29) is 32.6 Å². The van der Waals surface area contributed by atoms with Crippen LogP contribution in [0.15, 0.2) is 134 Å². The molecule has 402 valence electrons. The van der Waals surface area contributed by atoms with E-state index >= 15 is 0 Å². The molecule has 0 fully saturated rings. The number of esters is 2. The van der Waals surface area contributed by atoms with Crippen molar-refractivity contribution in [3.8, 4) is 0 Å². The summed E-state index contributed by atoms with van der Waals surface area (Å²) in [6.45, 7) is 3.47. The summed E-state index contributed by atoms with van der Waals surface area (Å²) in [7, 11) is -4.40. The molecule has 3 N–H and O–H groups in total. The van der Waals surface area contributed by atoms with Gasteiger partial charge in [0.1, 0.15) is 6.61 Å². The van der Waals surface area contributed by atoms with E-state index in [0.29, 0.717) is 12.8 Å². The molecule has 0 aromatic rings. The normalized spacial score (nSPS) is 14.1. The van der Waals surface area contributed by atoms with Crippen LogP contribution in [0.25, 0.3) is 0 Å². The van der Waals surface area contributed by atoms with Crippen molar-refractivity contribution in [2.24, 2.45) is 5.73 Å². The third-order valence-corrected chi connectivity index (χ3v) is 12.0.